The van der Waals surface area contributed by atoms with E-state index < -0.39 is 0 Å². The Balaban J connectivity index is 2.23. The number of rotatable bonds is 7. The van der Waals surface area contributed by atoms with Crippen LogP contribution in [-0.2, 0) is 9.53 Å². The fourth-order valence-electron chi connectivity index (χ4n) is 1.89. The monoisotopic (exact) mass is 229 g/mol. The zero-order valence-electron chi connectivity index (χ0n) is 10.00. The van der Waals surface area contributed by atoms with Crippen LogP contribution in [0.25, 0.3) is 0 Å². The van der Waals surface area contributed by atoms with Gasteiger partial charge >= 0.3 is 0 Å². The quantitative estimate of drug-likeness (QED) is 0.513. The van der Waals surface area contributed by atoms with Crippen LogP contribution in [0.4, 0.5) is 0 Å². The third-order valence-corrected chi connectivity index (χ3v) is 2.81. The Morgan fingerprint density at radius 3 is 2.94 bits per heavy atom. The molecule has 1 heterocycles. The summed E-state index contributed by atoms with van der Waals surface area (Å²) in [5.74, 6) is 0.0540. The highest BCUT2D eigenvalue weighted by Gasteiger charge is 2.32. The summed E-state index contributed by atoms with van der Waals surface area (Å²) >= 11 is 0. The van der Waals surface area contributed by atoms with Crippen molar-refractivity contribution in [2.24, 2.45) is 11.7 Å². The summed E-state index contributed by atoms with van der Waals surface area (Å²) in [7, 11) is 0. The molecule has 1 amide bonds. The van der Waals surface area contributed by atoms with Gasteiger partial charge in [0.25, 0.3) is 0 Å². The molecule has 5 heteroatoms. The van der Waals surface area contributed by atoms with Gasteiger partial charge in [0.1, 0.15) is 0 Å². The van der Waals surface area contributed by atoms with Crippen molar-refractivity contribution in [2.75, 3.05) is 32.8 Å². The predicted octanol–water partition coefficient (Wildman–Crippen LogP) is -0.534. The summed E-state index contributed by atoms with van der Waals surface area (Å²) in [6, 6.07) is 0.166. The van der Waals surface area contributed by atoms with Gasteiger partial charge in [0.15, 0.2) is 0 Å². The largest absolute Gasteiger partial charge is 0.379 e. The fraction of sp³-hybridized carbons (Fsp3) is 0.909. The normalized spacial score (nSPS) is 24.6. The zero-order valence-corrected chi connectivity index (χ0v) is 10.00. The van der Waals surface area contributed by atoms with Crippen molar-refractivity contribution in [3.63, 3.8) is 0 Å². The van der Waals surface area contributed by atoms with Gasteiger partial charge < -0.3 is 21.1 Å². The van der Waals surface area contributed by atoms with Crippen molar-refractivity contribution in [3.05, 3.63) is 0 Å². The maximum atomic E-state index is 11.8. The van der Waals surface area contributed by atoms with Crippen LogP contribution in [0.1, 0.15) is 19.8 Å². The third kappa shape index (κ3) is 4.08. The Kier molecular flexibility index (Phi) is 6.37. The molecule has 0 radical (unpaired) electrons. The number of nitrogens with one attached hydrogen (secondary N) is 2. The highest BCUT2D eigenvalue weighted by molar-refractivity contribution is 5.79. The van der Waals surface area contributed by atoms with Gasteiger partial charge in [-0.05, 0) is 25.9 Å². The summed E-state index contributed by atoms with van der Waals surface area (Å²) in [4.78, 5) is 11.8. The summed E-state index contributed by atoms with van der Waals surface area (Å²) in [5.41, 5.74) is 5.39. The van der Waals surface area contributed by atoms with Gasteiger partial charge in [0, 0.05) is 12.6 Å². The maximum Gasteiger partial charge on any atom is 0.227 e. The number of hydrogen-bond donors (Lipinski definition) is 3. The summed E-state index contributed by atoms with van der Waals surface area (Å²) in [6.45, 7) is 5.46. The van der Waals surface area contributed by atoms with Gasteiger partial charge in [-0.1, -0.05) is 6.92 Å². The highest BCUT2D eigenvalue weighted by atomic mass is 16.5. The first-order valence-corrected chi connectivity index (χ1v) is 6.08. The van der Waals surface area contributed by atoms with Gasteiger partial charge in [-0.25, -0.2) is 0 Å². The van der Waals surface area contributed by atoms with Crippen molar-refractivity contribution < 1.29 is 9.53 Å². The minimum absolute atomic E-state index is 0.0437. The van der Waals surface area contributed by atoms with E-state index in [1.54, 1.807) is 0 Å². The van der Waals surface area contributed by atoms with E-state index in [1.165, 1.54) is 0 Å². The Morgan fingerprint density at radius 2 is 2.25 bits per heavy atom. The molecule has 0 aromatic rings. The van der Waals surface area contributed by atoms with Crippen LogP contribution < -0.4 is 16.4 Å². The molecule has 1 aliphatic heterocycles. The molecule has 0 spiro atoms. The summed E-state index contributed by atoms with van der Waals surface area (Å²) in [6.07, 6.45) is 1.90. The number of carbonyl (C=O) groups excluding carboxylic acids is 1. The SMILES string of the molecule is CCNC1COCC1C(=O)NCCCCN. The Morgan fingerprint density at radius 1 is 1.44 bits per heavy atom. The van der Waals surface area contributed by atoms with Crippen LogP contribution in [0.3, 0.4) is 0 Å². The van der Waals surface area contributed by atoms with Gasteiger partial charge in [0.05, 0.1) is 19.1 Å². The van der Waals surface area contributed by atoms with Gasteiger partial charge in [-0.2, -0.15) is 0 Å². The van der Waals surface area contributed by atoms with Crippen LogP contribution in [0.15, 0.2) is 0 Å². The summed E-state index contributed by atoms with van der Waals surface area (Å²) < 4.78 is 5.33. The molecule has 1 fully saturated rings. The first kappa shape index (κ1) is 13.4. The topological polar surface area (TPSA) is 76.4 Å². The second kappa shape index (κ2) is 7.60. The molecule has 0 aromatic heterocycles. The first-order chi connectivity index (χ1) is 7.79. The van der Waals surface area contributed by atoms with Crippen molar-refractivity contribution in [1.82, 2.24) is 10.6 Å². The van der Waals surface area contributed by atoms with E-state index in [9.17, 15) is 4.79 Å². The minimum Gasteiger partial charge on any atom is -0.379 e. The van der Waals surface area contributed by atoms with Crippen LogP contribution in [0, 0.1) is 5.92 Å². The standard InChI is InChI=1S/C11H23N3O2/c1-2-13-10-8-16-7-9(10)11(15)14-6-4-3-5-12/h9-10,13H,2-8,12H2,1H3,(H,14,15). The molecular weight excluding hydrogens is 206 g/mol. The Labute approximate surface area is 97.1 Å². The Bertz CT molecular complexity index is 211. The van der Waals surface area contributed by atoms with Gasteiger partial charge in [0.2, 0.25) is 5.91 Å². The number of nitrogens with two attached hydrogens (primary N) is 1. The van der Waals surface area contributed by atoms with Crippen LogP contribution in [-0.4, -0.2) is 44.8 Å². The molecule has 2 unspecified atom stereocenters. The molecule has 0 saturated carbocycles. The number of carbonyl (C=O) groups is 1. The molecule has 0 aromatic carbocycles. The van der Waals surface area contributed by atoms with Crippen LogP contribution in [0.5, 0.6) is 0 Å². The molecule has 1 saturated heterocycles. The van der Waals surface area contributed by atoms with Crippen molar-refractivity contribution >= 4 is 5.91 Å². The first-order valence-electron chi connectivity index (χ1n) is 6.08. The maximum absolute atomic E-state index is 11.8. The van der Waals surface area contributed by atoms with E-state index >= 15 is 0 Å². The van der Waals surface area contributed by atoms with E-state index in [0.717, 1.165) is 19.4 Å². The smallest absolute Gasteiger partial charge is 0.227 e. The highest BCUT2D eigenvalue weighted by Crippen LogP contribution is 2.13. The zero-order chi connectivity index (χ0) is 11.8. The molecule has 2 atom stereocenters. The van der Waals surface area contributed by atoms with E-state index in [4.69, 9.17) is 10.5 Å². The van der Waals surface area contributed by atoms with Crippen LogP contribution >= 0.6 is 0 Å². The lowest BCUT2D eigenvalue weighted by atomic mass is 10.0. The van der Waals surface area contributed by atoms with Crippen molar-refractivity contribution in [3.8, 4) is 0 Å². The molecule has 0 aliphatic carbocycles. The predicted molar refractivity (Wildman–Crippen MR) is 63.1 cm³/mol. The van der Waals surface area contributed by atoms with Crippen LogP contribution in [0.2, 0.25) is 0 Å². The number of amides is 1. The number of hydrogen-bond acceptors (Lipinski definition) is 4. The van der Waals surface area contributed by atoms with Crippen molar-refractivity contribution in [2.45, 2.75) is 25.8 Å². The molecule has 1 aliphatic rings. The van der Waals surface area contributed by atoms with E-state index in [1.807, 2.05) is 6.92 Å². The average Bonchev–Trinajstić information content (AvgIpc) is 2.73. The Hall–Kier alpha value is -0.650. The number of ether oxygens (including phenoxy) is 1. The average molecular weight is 229 g/mol. The number of likely N-dealkylation sites (N-methyl/N-ethyl adjacent to an activating group) is 1. The molecule has 4 N–H and O–H groups in total. The molecule has 94 valence electrons. The second-order valence-corrected chi connectivity index (χ2v) is 4.09. The van der Waals surface area contributed by atoms with Gasteiger partial charge in [-0.3, -0.25) is 4.79 Å². The number of unbranched alkanes of at least 4 members (excludes halogenated alkanes) is 1. The van der Waals surface area contributed by atoms with E-state index in [2.05, 4.69) is 10.6 Å². The fourth-order valence-corrected chi connectivity index (χ4v) is 1.89. The molecule has 5 nitrogen and oxygen atoms in total. The lowest BCUT2D eigenvalue weighted by Gasteiger charge is -2.17. The van der Waals surface area contributed by atoms with Gasteiger partial charge in [-0.15, -0.1) is 0 Å². The second-order valence-electron chi connectivity index (χ2n) is 4.09. The summed E-state index contributed by atoms with van der Waals surface area (Å²) in [5, 5.41) is 6.20. The minimum atomic E-state index is -0.0437. The molecule has 1 rings (SSSR count). The lowest BCUT2D eigenvalue weighted by molar-refractivity contribution is -0.125. The van der Waals surface area contributed by atoms with Crippen molar-refractivity contribution in [1.29, 1.82) is 0 Å². The molecular formula is C11H23N3O2. The molecule has 0 bridgehead atoms. The van der Waals surface area contributed by atoms with E-state index in [-0.39, 0.29) is 17.9 Å². The van der Waals surface area contributed by atoms with E-state index in [0.29, 0.717) is 26.3 Å². The lowest BCUT2D eigenvalue weighted by Crippen LogP contribution is -2.44. The third-order valence-electron chi connectivity index (χ3n) is 2.81. The molecule has 16 heavy (non-hydrogen) atoms.